The van der Waals surface area contributed by atoms with Crippen molar-refractivity contribution in [2.75, 3.05) is 31.1 Å². The summed E-state index contributed by atoms with van der Waals surface area (Å²) in [5, 5.41) is 8.96. The minimum absolute atomic E-state index is 0. The highest BCUT2D eigenvalue weighted by atomic mass is 35.5. The fraction of sp³-hybridized carbons (Fsp3) is 0.444. The molecule has 0 radical (unpaired) electrons. The van der Waals surface area contributed by atoms with Gasteiger partial charge in [-0.05, 0) is 19.4 Å². The highest BCUT2D eigenvalue weighted by molar-refractivity contribution is 5.93. The van der Waals surface area contributed by atoms with Gasteiger partial charge in [-0.25, -0.2) is 13.6 Å². The number of hydrogen-bond donors (Lipinski definition) is 1. The molecule has 6 nitrogen and oxygen atoms in total. The molecule has 146 valence electrons. The average Bonchev–Trinajstić information content (AvgIpc) is 2.99. The van der Waals surface area contributed by atoms with Crippen LogP contribution in [0.4, 0.5) is 14.5 Å². The molecule has 2 fully saturated rings. The monoisotopic (exact) mass is 399 g/mol. The summed E-state index contributed by atoms with van der Waals surface area (Å²) in [5.74, 6) is -3.03. The molecule has 2 aliphatic heterocycles. The van der Waals surface area contributed by atoms with Crippen molar-refractivity contribution in [3.8, 4) is 0 Å². The van der Waals surface area contributed by atoms with E-state index in [-0.39, 0.29) is 41.6 Å². The number of fused-ring (bicyclic) bond motifs is 3. The van der Waals surface area contributed by atoms with Crippen LogP contribution in [0.3, 0.4) is 0 Å². The Labute approximate surface area is 160 Å². The molecule has 2 aromatic rings. The first-order chi connectivity index (χ1) is 12.4. The molecule has 0 spiro atoms. The van der Waals surface area contributed by atoms with Crippen LogP contribution in [0.2, 0.25) is 0 Å². The van der Waals surface area contributed by atoms with Gasteiger partial charge in [0, 0.05) is 45.0 Å². The smallest absolute Gasteiger partial charge is 0.341 e. The Morgan fingerprint density at radius 1 is 1.30 bits per heavy atom. The maximum atomic E-state index is 15.4. The van der Waals surface area contributed by atoms with Gasteiger partial charge in [0.15, 0.2) is 5.82 Å². The number of aryl methyl sites for hydroxylation is 1. The molecule has 1 aromatic carbocycles. The van der Waals surface area contributed by atoms with Crippen LogP contribution in [-0.4, -0.2) is 52.8 Å². The van der Waals surface area contributed by atoms with Crippen LogP contribution < -0.4 is 10.3 Å². The molecular weight excluding hydrogens is 380 g/mol. The van der Waals surface area contributed by atoms with Crippen molar-refractivity contribution in [3.05, 3.63) is 39.7 Å². The largest absolute Gasteiger partial charge is 0.477 e. The number of halogens is 3. The second-order valence-electron chi connectivity index (χ2n) is 6.82. The topological polar surface area (TPSA) is 65.8 Å². The number of pyridine rings is 1. The Morgan fingerprint density at radius 3 is 2.70 bits per heavy atom. The standard InChI is InChI=1S/C18H19F2N3O3.ClH/c1-2-22-9-12(18(25)26)17(24)11-7-13(19)16(14(20)15(11)22)23-6-5-21-4-3-10(23)8-21;/h7,9-10H,2-6,8H2,1H3,(H,25,26);1H. The first-order valence-corrected chi connectivity index (χ1v) is 8.69. The fourth-order valence-electron chi connectivity index (χ4n) is 4.14. The van der Waals surface area contributed by atoms with Gasteiger partial charge in [0.2, 0.25) is 5.43 Å². The van der Waals surface area contributed by atoms with Crippen molar-refractivity contribution in [3.63, 3.8) is 0 Å². The van der Waals surface area contributed by atoms with E-state index in [1.165, 1.54) is 4.57 Å². The SMILES string of the molecule is CCn1cc(C(=O)O)c(=O)c2cc(F)c(N3CCN4CCC3C4)c(F)c21.Cl. The molecule has 9 heteroatoms. The summed E-state index contributed by atoms with van der Waals surface area (Å²) in [4.78, 5) is 27.7. The third-order valence-corrected chi connectivity index (χ3v) is 5.43. The fourth-order valence-corrected chi connectivity index (χ4v) is 4.14. The van der Waals surface area contributed by atoms with Gasteiger partial charge >= 0.3 is 5.97 Å². The van der Waals surface area contributed by atoms with Crippen LogP contribution in [0, 0.1) is 11.6 Å². The summed E-state index contributed by atoms with van der Waals surface area (Å²) in [7, 11) is 0. The lowest BCUT2D eigenvalue weighted by Crippen LogP contribution is -2.47. The average molecular weight is 400 g/mol. The second-order valence-corrected chi connectivity index (χ2v) is 6.82. The number of rotatable bonds is 3. The van der Waals surface area contributed by atoms with Gasteiger partial charge in [0.05, 0.1) is 10.9 Å². The van der Waals surface area contributed by atoms with E-state index in [0.29, 0.717) is 6.54 Å². The first-order valence-electron chi connectivity index (χ1n) is 8.69. The van der Waals surface area contributed by atoms with E-state index in [1.54, 1.807) is 11.8 Å². The predicted octanol–water partition coefficient (Wildman–Crippen LogP) is 2.31. The zero-order chi connectivity index (χ0) is 18.6. The molecule has 4 rings (SSSR count). The summed E-state index contributed by atoms with van der Waals surface area (Å²) in [6.07, 6.45) is 1.97. The minimum Gasteiger partial charge on any atom is -0.477 e. The molecule has 2 aliphatic rings. The van der Waals surface area contributed by atoms with Gasteiger partial charge in [-0.1, -0.05) is 0 Å². The van der Waals surface area contributed by atoms with E-state index >= 15 is 4.39 Å². The van der Waals surface area contributed by atoms with Crippen LogP contribution in [0.5, 0.6) is 0 Å². The van der Waals surface area contributed by atoms with Crippen molar-refractivity contribution in [2.24, 2.45) is 0 Å². The number of carboxylic acid groups (broad SMARTS) is 1. The number of piperazine rings is 1. The van der Waals surface area contributed by atoms with Crippen molar-refractivity contribution < 1.29 is 18.7 Å². The lowest BCUT2D eigenvalue weighted by Gasteiger charge is -2.36. The molecule has 0 amide bonds. The Bertz CT molecular complexity index is 979. The molecular formula is C18H20ClF2N3O3. The minimum atomic E-state index is -1.41. The third kappa shape index (κ3) is 2.96. The van der Waals surface area contributed by atoms with Crippen molar-refractivity contribution >= 4 is 35.0 Å². The number of aromatic carboxylic acids is 1. The van der Waals surface area contributed by atoms with E-state index in [0.717, 1.165) is 38.3 Å². The van der Waals surface area contributed by atoms with E-state index in [1.807, 2.05) is 0 Å². The quantitative estimate of drug-likeness (QED) is 0.858. The molecule has 0 aliphatic carbocycles. The van der Waals surface area contributed by atoms with Crippen LogP contribution in [0.15, 0.2) is 17.1 Å². The van der Waals surface area contributed by atoms with Crippen molar-refractivity contribution in [1.82, 2.24) is 9.47 Å². The summed E-state index contributed by atoms with van der Waals surface area (Å²) in [5.41, 5.74) is -1.52. The van der Waals surface area contributed by atoms with Gasteiger partial charge in [0.1, 0.15) is 17.1 Å². The summed E-state index contributed by atoms with van der Waals surface area (Å²) in [6.45, 7) is 4.93. The maximum absolute atomic E-state index is 15.4. The van der Waals surface area contributed by atoms with Crippen LogP contribution in [0.1, 0.15) is 23.7 Å². The lowest BCUT2D eigenvalue weighted by atomic mass is 10.1. The van der Waals surface area contributed by atoms with Crippen molar-refractivity contribution in [1.29, 1.82) is 0 Å². The lowest BCUT2D eigenvalue weighted by molar-refractivity contribution is 0.0695. The molecule has 3 heterocycles. The summed E-state index contributed by atoms with van der Waals surface area (Å²) in [6, 6.07) is 1.03. The van der Waals surface area contributed by atoms with Gasteiger partial charge in [-0.15, -0.1) is 12.4 Å². The Morgan fingerprint density at radius 2 is 2.04 bits per heavy atom. The van der Waals surface area contributed by atoms with E-state index in [4.69, 9.17) is 0 Å². The van der Waals surface area contributed by atoms with Gasteiger partial charge in [0.25, 0.3) is 0 Å². The Hall–Kier alpha value is -2.19. The third-order valence-electron chi connectivity index (χ3n) is 5.43. The summed E-state index contributed by atoms with van der Waals surface area (Å²) < 4.78 is 31.6. The maximum Gasteiger partial charge on any atom is 0.341 e. The van der Waals surface area contributed by atoms with Gasteiger partial charge < -0.3 is 14.6 Å². The van der Waals surface area contributed by atoms with Crippen LogP contribution >= 0.6 is 12.4 Å². The van der Waals surface area contributed by atoms with Gasteiger partial charge in [-0.2, -0.15) is 0 Å². The van der Waals surface area contributed by atoms with E-state index in [9.17, 15) is 19.1 Å². The predicted molar refractivity (Wildman–Crippen MR) is 100 cm³/mol. The molecule has 1 N–H and O–H groups in total. The second kappa shape index (κ2) is 7.09. The highest BCUT2D eigenvalue weighted by Gasteiger charge is 2.36. The molecule has 2 saturated heterocycles. The number of anilines is 1. The Balaban J connectivity index is 0.00000210. The molecule has 2 unspecified atom stereocenters. The molecule has 0 saturated carbocycles. The number of carboxylic acids is 1. The van der Waals surface area contributed by atoms with Gasteiger partial charge in [-0.3, -0.25) is 9.69 Å². The van der Waals surface area contributed by atoms with Crippen LogP contribution in [-0.2, 0) is 6.54 Å². The van der Waals surface area contributed by atoms with Crippen molar-refractivity contribution in [2.45, 2.75) is 25.9 Å². The van der Waals surface area contributed by atoms with E-state index < -0.39 is 28.6 Å². The van der Waals surface area contributed by atoms with E-state index in [2.05, 4.69) is 4.90 Å². The summed E-state index contributed by atoms with van der Waals surface area (Å²) >= 11 is 0. The number of aromatic nitrogens is 1. The number of benzene rings is 1. The number of carbonyl (C=O) groups is 1. The molecule has 2 bridgehead atoms. The molecule has 1 aromatic heterocycles. The molecule has 27 heavy (non-hydrogen) atoms. The number of hydrogen-bond acceptors (Lipinski definition) is 4. The number of nitrogens with zero attached hydrogens (tertiary/aromatic N) is 3. The molecule has 2 atom stereocenters. The normalized spacial score (nSPS) is 21.4. The zero-order valence-corrected chi connectivity index (χ0v) is 15.6. The van der Waals surface area contributed by atoms with Crippen LogP contribution in [0.25, 0.3) is 10.9 Å². The highest BCUT2D eigenvalue weighted by Crippen LogP contribution is 2.34. The first kappa shape index (κ1) is 19.6. The zero-order valence-electron chi connectivity index (χ0n) is 14.7. The Kier molecular flexibility index (Phi) is 5.14.